The summed E-state index contributed by atoms with van der Waals surface area (Å²) in [4.78, 5) is 24.6. The zero-order valence-electron chi connectivity index (χ0n) is 18.7. The van der Waals surface area contributed by atoms with Gasteiger partial charge < -0.3 is 15.3 Å². The number of ether oxygens (including phenoxy) is 1. The standard InChI is InChI=1S/C24H22FN3O6S/c1-16(29)26-13-20-14-28(24(30)34-20)19-4-7-22(23(25)12-19)18-2-5-21(6-3-18)35(32,33)15-17-8-10-27(31)11-9-17/h2-12,20H,13-15H2,1H3,(H,26,29). The number of sulfone groups is 1. The summed E-state index contributed by atoms with van der Waals surface area (Å²) in [5, 5.41) is 13.7. The van der Waals surface area contributed by atoms with Gasteiger partial charge in [-0.3, -0.25) is 9.69 Å². The van der Waals surface area contributed by atoms with Gasteiger partial charge in [0, 0.05) is 24.6 Å². The lowest BCUT2D eigenvalue weighted by molar-refractivity contribution is -0.605. The number of carbonyl (C=O) groups excluding carboxylic acids is 2. The van der Waals surface area contributed by atoms with E-state index in [0.29, 0.717) is 21.5 Å². The Kier molecular flexibility index (Phi) is 6.70. The zero-order chi connectivity index (χ0) is 25.2. The van der Waals surface area contributed by atoms with Crippen molar-refractivity contribution in [2.45, 2.75) is 23.7 Å². The summed E-state index contributed by atoms with van der Waals surface area (Å²) in [7, 11) is -3.66. The van der Waals surface area contributed by atoms with Gasteiger partial charge in [-0.25, -0.2) is 17.6 Å². The van der Waals surface area contributed by atoms with E-state index in [9.17, 15) is 27.6 Å². The fourth-order valence-electron chi connectivity index (χ4n) is 3.69. The molecule has 1 aromatic heterocycles. The monoisotopic (exact) mass is 499 g/mol. The van der Waals surface area contributed by atoms with Gasteiger partial charge in [0.05, 0.1) is 29.4 Å². The van der Waals surface area contributed by atoms with Crippen molar-refractivity contribution in [3.63, 3.8) is 0 Å². The van der Waals surface area contributed by atoms with E-state index in [2.05, 4.69) is 5.32 Å². The lowest BCUT2D eigenvalue weighted by Gasteiger charge is -2.15. The Morgan fingerprint density at radius 3 is 2.49 bits per heavy atom. The maximum atomic E-state index is 14.9. The Bertz CT molecular complexity index is 1360. The first-order chi connectivity index (χ1) is 16.6. The molecule has 9 nitrogen and oxygen atoms in total. The van der Waals surface area contributed by atoms with Gasteiger partial charge in [0.1, 0.15) is 11.9 Å². The highest BCUT2D eigenvalue weighted by atomic mass is 32.2. The molecule has 1 saturated heterocycles. The fraction of sp³-hybridized carbons (Fsp3) is 0.208. The van der Waals surface area contributed by atoms with E-state index in [0.717, 1.165) is 0 Å². The van der Waals surface area contributed by atoms with Gasteiger partial charge in [0.2, 0.25) is 5.91 Å². The lowest BCUT2D eigenvalue weighted by Crippen LogP contribution is -2.33. The molecule has 2 heterocycles. The van der Waals surface area contributed by atoms with Crippen LogP contribution in [0.3, 0.4) is 0 Å². The van der Waals surface area contributed by atoms with Gasteiger partial charge in [-0.15, -0.1) is 0 Å². The average Bonchev–Trinajstić information content (AvgIpc) is 3.19. The maximum Gasteiger partial charge on any atom is 0.414 e. The summed E-state index contributed by atoms with van der Waals surface area (Å²) in [6, 6.07) is 13.0. The van der Waals surface area contributed by atoms with Crippen LogP contribution in [-0.4, -0.2) is 39.6 Å². The third-order valence-electron chi connectivity index (χ3n) is 5.47. The summed E-state index contributed by atoms with van der Waals surface area (Å²) in [6.45, 7) is 1.69. The molecule has 182 valence electrons. The summed E-state index contributed by atoms with van der Waals surface area (Å²) in [5.74, 6) is -1.11. The number of amides is 2. The van der Waals surface area contributed by atoms with Crippen molar-refractivity contribution in [1.29, 1.82) is 0 Å². The Hall–Kier alpha value is -3.99. The molecule has 1 aliphatic rings. The number of nitrogens with one attached hydrogen (secondary N) is 1. The van der Waals surface area contributed by atoms with Crippen molar-refractivity contribution in [2.75, 3.05) is 18.0 Å². The molecule has 0 aliphatic carbocycles. The summed E-state index contributed by atoms with van der Waals surface area (Å²) < 4.78 is 46.1. The zero-order valence-corrected chi connectivity index (χ0v) is 19.5. The number of carbonyl (C=O) groups is 2. The highest BCUT2D eigenvalue weighted by Crippen LogP contribution is 2.30. The van der Waals surface area contributed by atoms with Crippen LogP contribution in [0.15, 0.2) is 71.9 Å². The molecule has 1 aliphatic heterocycles. The molecule has 0 bridgehead atoms. The van der Waals surface area contributed by atoms with Crippen molar-refractivity contribution < 1.29 is 31.9 Å². The predicted molar refractivity (Wildman–Crippen MR) is 124 cm³/mol. The molecule has 3 aromatic rings. The molecule has 1 atom stereocenters. The van der Waals surface area contributed by atoms with E-state index in [1.807, 2.05) is 0 Å². The van der Waals surface area contributed by atoms with Crippen molar-refractivity contribution in [2.24, 2.45) is 0 Å². The van der Waals surface area contributed by atoms with Crippen molar-refractivity contribution in [1.82, 2.24) is 5.32 Å². The van der Waals surface area contributed by atoms with Crippen LogP contribution in [-0.2, 0) is 25.1 Å². The Morgan fingerprint density at radius 1 is 1.17 bits per heavy atom. The minimum Gasteiger partial charge on any atom is -0.619 e. The normalized spacial score (nSPS) is 15.7. The molecule has 35 heavy (non-hydrogen) atoms. The van der Waals surface area contributed by atoms with E-state index >= 15 is 0 Å². The Morgan fingerprint density at radius 2 is 1.86 bits per heavy atom. The number of hydrogen-bond acceptors (Lipinski definition) is 6. The minimum atomic E-state index is -3.66. The van der Waals surface area contributed by atoms with Crippen LogP contribution in [0.2, 0.25) is 0 Å². The first kappa shape index (κ1) is 24.1. The number of halogens is 1. The molecule has 4 rings (SSSR count). The number of cyclic esters (lactones) is 1. The van der Waals surface area contributed by atoms with Crippen LogP contribution in [0.4, 0.5) is 14.9 Å². The van der Waals surface area contributed by atoms with Crippen LogP contribution in [0.25, 0.3) is 11.1 Å². The SMILES string of the molecule is CC(=O)NCC1CN(c2ccc(-c3ccc(S(=O)(=O)Cc4cc[n+]([O-])cc4)cc3)c(F)c2)C(=O)O1. The van der Waals surface area contributed by atoms with Gasteiger partial charge >= 0.3 is 6.09 Å². The van der Waals surface area contributed by atoms with Gasteiger partial charge in [0.25, 0.3) is 0 Å². The molecule has 1 fully saturated rings. The molecular weight excluding hydrogens is 477 g/mol. The molecule has 2 amide bonds. The predicted octanol–water partition coefficient (Wildman–Crippen LogP) is 2.56. The van der Waals surface area contributed by atoms with E-state index < -0.39 is 27.9 Å². The van der Waals surface area contributed by atoms with Crippen molar-refractivity contribution in [3.05, 3.63) is 83.6 Å². The molecule has 1 N–H and O–H groups in total. The number of anilines is 1. The Labute approximate surface area is 201 Å². The van der Waals surface area contributed by atoms with Crippen LogP contribution < -0.4 is 14.9 Å². The molecule has 0 saturated carbocycles. The summed E-state index contributed by atoms with van der Waals surface area (Å²) >= 11 is 0. The number of benzene rings is 2. The number of rotatable bonds is 7. The summed E-state index contributed by atoms with van der Waals surface area (Å²) in [5.41, 5.74) is 1.49. The van der Waals surface area contributed by atoms with Gasteiger partial charge in [-0.2, -0.15) is 4.73 Å². The van der Waals surface area contributed by atoms with Gasteiger partial charge in [-0.05, 0) is 41.5 Å². The minimum absolute atomic E-state index is 0.0714. The second-order valence-electron chi connectivity index (χ2n) is 8.07. The number of aromatic nitrogens is 1. The molecule has 1 unspecified atom stereocenters. The molecule has 11 heteroatoms. The molecule has 2 aromatic carbocycles. The highest BCUT2D eigenvalue weighted by Gasteiger charge is 2.32. The number of pyridine rings is 1. The van der Waals surface area contributed by atoms with Crippen LogP contribution in [0.5, 0.6) is 0 Å². The Balaban J connectivity index is 1.48. The molecule has 0 radical (unpaired) electrons. The number of hydrogen-bond donors (Lipinski definition) is 1. The quantitative estimate of drug-likeness (QED) is 0.394. The topological polar surface area (TPSA) is 120 Å². The second kappa shape index (κ2) is 9.71. The maximum absolute atomic E-state index is 14.9. The van der Waals surface area contributed by atoms with Crippen molar-refractivity contribution in [3.8, 4) is 11.1 Å². The third-order valence-corrected chi connectivity index (χ3v) is 7.17. The lowest BCUT2D eigenvalue weighted by atomic mass is 10.0. The van der Waals surface area contributed by atoms with Crippen LogP contribution in [0, 0.1) is 11.0 Å². The van der Waals surface area contributed by atoms with E-state index in [1.54, 1.807) is 6.07 Å². The highest BCUT2D eigenvalue weighted by molar-refractivity contribution is 7.90. The van der Waals surface area contributed by atoms with Gasteiger partial charge in [0.15, 0.2) is 22.2 Å². The van der Waals surface area contributed by atoms with Crippen LogP contribution >= 0.6 is 0 Å². The second-order valence-corrected chi connectivity index (χ2v) is 10.1. The number of nitrogens with zero attached hydrogens (tertiary/aromatic N) is 2. The first-order valence-corrected chi connectivity index (χ1v) is 12.3. The van der Waals surface area contributed by atoms with E-state index in [4.69, 9.17) is 4.74 Å². The average molecular weight is 500 g/mol. The summed E-state index contributed by atoms with van der Waals surface area (Å²) in [6.07, 6.45) is 1.28. The smallest absolute Gasteiger partial charge is 0.414 e. The van der Waals surface area contributed by atoms with E-state index in [1.165, 1.54) is 72.7 Å². The first-order valence-electron chi connectivity index (χ1n) is 10.7. The van der Waals surface area contributed by atoms with Gasteiger partial charge in [-0.1, -0.05) is 12.1 Å². The molecular formula is C24H22FN3O6S. The van der Waals surface area contributed by atoms with Crippen LogP contribution in [0.1, 0.15) is 12.5 Å². The third kappa shape index (κ3) is 5.57. The van der Waals surface area contributed by atoms with E-state index in [-0.39, 0.29) is 35.2 Å². The fourth-order valence-corrected chi connectivity index (χ4v) is 5.04. The largest absolute Gasteiger partial charge is 0.619 e. The molecule has 0 spiro atoms. The van der Waals surface area contributed by atoms with Crippen molar-refractivity contribution >= 4 is 27.5 Å².